The number of Topliss-reactive ketones (excluding diaryl/α,β-unsaturated/α-hetero) is 1. The molecule has 0 N–H and O–H groups in total. The van der Waals surface area contributed by atoms with Crippen molar-refractivity contribution < 1.29 is 4.79 Å². The minimum Gasteiger partial charge on any atom is -0.295 e. The minimum absolute atomic E-state index is 0.336. The topological polar surface area (TPSA) is 17.1 Å². The molecule has 0 aromatic carbocycles. The van der Waals surface area contributed by atoms with Gasteiger partial charge in [0.1, 0.15) is 0 Å². The largest absolute Gasteiger partial charge is 0.295 e. The average molecular weight is 110 g/mol. The summed E-state index contributed by atoms with van der Waals surface area (Å²) in [7, 11) is 0. The fourth-order valence-corrected chi connectivity index (χ4v) is 0.914. The Morgan fingerprint density at radius 2 is 1.88 bits per heavy atom. The first-order valence-corrected chi connectivity index (χ1v) is 2.91. The van der Waals surface area contributed by atoms with Crippen LogP contribution in [0.25, 0.3) is 0 Å². The van der Waals surface area contributed by atoms with Crippen LogP contribution in [0.4, 0.5) is 0 Å². The van der Waals surface area contributed by atoms with Gasteiger partial charge in [-0.1, -0.05) is 5.57 Å². The van der Waals surface area contributed by atoms with Crippen molar-refractivity contribution >= 4 is 5.78 Å². The summed E-state index contributed by atoms with van der Waals surface area (Å²) >= 11 is 0. The monoisotopic (exact) mass is 110 g/mol. The third-order valence-electron chi connectivity index (χ3n) is 1.79. The molecule has 0 saturated heterocycles. The summed E-state index contributed by atoms with van der Waals surface area (Å²) in [5.74, 6) is 0.336. The molecule has 0 spiro atoms. The maximum absolute atomic E-state index is 10.7. The van der Waals surface area contributed by atoms with E-state index in [1.807, 2.05) is 13.8 Å². The van der Waals surface area contributed by atoms with Crippen molar-refractivity contribution in [3.63, 3.8) is 0 Å². The van der Waals surface area contributed by atoms with Crippen LogP contribution in [0.1, 0.15) is 26.7 Å². The van der Waals surface area contributed by atoms with Crippen molar-refractivity contribution in [2.75, 3.05) is 0 Å². The predicted molar refractivity (Wildman–Crippen MR) is 32.6 cm³/mol. The van der Waals surface area contributed by atoms with Gasteiger partial charge in [-0.15, -0.1) is 0 Å². The molecule has 0 radical (unpaired) electrons. The van der Waals surface area contributed by atoms with Gasteiger partial charge in [0, 0.05) is 6.42 Å². The summed E-state index contributed by atoms with van der Waals surface area (Å²) in [5, 5.41) is 0. The summed E-state index contributed by atoms with van der Waals surface area (Å²) < 4.78 is 0. The van der Waals surface area contributed by atoms with Crippen LogP contribution in [-0.2, 0) is 4.79 Å². The Labute approximate surface area is 49.4 Å². The Bertz CT molecular complexity index is 154. The maximum atomic E-state index is 10.7. The van der Waals surface area contributed by atoms with Crippen molar-refractivity contribution in [2.45, 2.75) is 26.7 Å². The lowest BCUT2D eigenvalue weighted by atomic mass is 10.2. The quantitative estimate of drug-likeness (QED) is 0.463. The van der Waals surface area contributed by atoms with Crippen LogP contribution >= 0.6 is 0 Å². The summed E-state index contributed by atoms with van der Waals surface area (Å²) in [5.41, 5.74) is 2.26. The molecule has 8 heavy (non-hydrogen) atoms. The van der Waals surface area contributed by atoms with Crippen molar-refractivity contribution in [1.82, 2.24) is 0 Å². The first-order chi connectivity index (χ1) is 3.72. The van der Waals surface area contributed by atoms with E-state index in [9.17, 15) is 4.79 Å². The molecule has 1 nitrogen and oxygen atoms in total. The lowest BCUT2D eigenvalue weighted by Gasteiger charge is -1.86. The minimum atomic E-state index is 0.336. The number of rotatable bonds is 0. The van der Waals surface area contributed by atoms with Gasteiger partial charge in [-0.05, 0) is 25.8 Å². The molecule has 0 bridgehead atoms. The van der Waals surface area contributed by atoms with Crippen LogP contribution in [0.3, 0.4) is 0 Å². The number of hydrogen-bond donors (Lipinski definition) is 0. The molecule has 0 aromatic rings. The van der Waals surface area contributed by atoms with E-state index in [0.29, 0.717) is 5.78 Å². The summed E-state index contributed by atoms with van der Waals surface area (Å²) in [6, 6.07) is 0. The Hall–Kier alpha value is -0.590. The fraction of sp³-hybridized carbons (Fsp3) is 0.571. The van der Waals surface area contributed by atoms with Crippen LogP contribution in [0.15, 0.2) is 11.1 Å². The normalized spacial score (nSPS) is 20.5. The first-order valence-electron chi connectivity index (χ1n) is 2.91. The maximum Gasteiger partial charge on any atom is 0.158 e. The van der Waals surface area contributed by atoms with Crippen LogP contribution in [0.5, 0.6) is 0 Å². The van der Waals surface area contributed by atoms with E-state index in [-0.39, 0.29) is 0 Å². The van der Waals surface area contributed by atoms with E-state index in [2.05, 4.69) is 0 Å². The van der Waals surface area contributed by atoms with Gasteiger partial charge in [-0.2, -0.15) is 0 Å². The molecule has 0 unspecified atom stereocenters. The molecule has 0 fully saturated rings. The molecule has 44 valence electrons. The number of allylic oxidation sites excluding steroid dienone is 2. The second-order valence-corrected chi connectivity index (χ2v) is 2.33. The van der Waals surface area contributed by atoms with Crippen molar-refractivity contribution in [1.29, 1.82) is 0 Å². The third-order valence-corrected chi connectivity index (χ3v) is 1.79. The lowest BCUT2D eigenvalue weighted by Crippen LogP contribution is -1.89. The number of hydrogen-bond acceptors (Lipinski definition) is 1. The summed E-state index contributed by atoms with van der Waals surface area (Å²) in [6.45, 7) is 3.94. The highest BCUT2D eigenvalue weighted by atomic mass is 16.1. The number of ketones is 1. The van der Waals surface area contributed by atoms with Gasteiger partial charge >= 0.3 is 0 Å². The SMILES string of the molecule is CC1=C(C)C(=O)CC1. The molecule has 0 atom stereocenters. The molecule has 1 aliphatic carbocycles. The zero-order chi connectivity index (χ0) is 6.15. The van der Waals surface area contributed by atoms with E-state index >= 15 is 0 Å². The smallest absolute Gasteiger partial charge is 0.158 e. The highest BCUT2D eigenvalue weighted by molar-refractivity contribution is 5.97. The molecule has 1 heteroatoms. The van der Waals surface area contributed by atoms with Gasteiger partial charge in [0.25, 0.3) is 0 Å². The zero-order valence-electron chi connectivity index (χ0n) is 5.32. The van der Waals surface area contributed by atoms with Crippen molar-refractivity contribution in [2.24, 2.45) is 0 Å². The molecular weight excluding hydrogens is 100 g/mol. The van der Waals surface area contributed by atoms with Gasteiger partial charge in [0.05, 0.1) is 0 Å². The third kappa shape index (κ3) is 0.683. The molecule has 0 saturated carbocycles. The molecule has 1 aliphatic rings. The molecular formula is C7H10O. The van der Waals surface area contributed by atoms with E-state index in [4.69, 9.17) is 0 Å². The van der Waals surface area contributed by atoms with Crippen molar-refractivity contribution in [3.8, 4) is 0 Å². The van der Waals surface area contributed by atoms with E-state index in [0.717, 1.165) is 18.4 Å². The fourth-order valence-electron chi connectivity index (χ4n) is 0.914. The molecule has 0 aliphatic heterocycles. The summed E-state index contributed by atoms with van der Waals surface area (Å²) in [6.07, 6.45) is 1.74. The second kappa shape index (κ2) is 1.73. The van der Waals surface area contributed by atoms with Gasteiger partial charge in [0.2, 0.25) is 0 Å². The Morgan fingerprint density at radius 1 is 1.25 bits per heavy atom. The van der Waals surface area contributed by atoms with Gasteiger partial charge in [-0.3, -0.25) is 4.79 Å². The number of carbonyl (C=O) groups excluding carboxylic acids is 1. The van der Waals surface area contributed by atoms with Gasteiger partial charge < -0.3 is 0 Å². The highest BCUT2D eigenvalue weighted by Gasteiger charge is 2.14. The average Bonchev–Trinajstić information content (AvgIpc) is 1.98. The van der Waals surface area contributed by atoms with E-state index in [1.54, 1.807) is 0 Å². The predicted octanol–water partition coefficient (Wildman–Crippen LogP) is 1.69. The van der Waals surface area contributed by atoms with Gasteiger partial charge in [0.15, 0.2) is 5.78 Å². The van der Waals surface area contributed by atoms with Crippen LogP contribution in [0.2, 0.25) is 0 Å². The second-order valence-electron chi connectivity index (χ2n) is 2.33. The summed E-state index contributed by atoms with van der Waals surface area (Å²) in [4.78, 5) is 10.7. The van der Waals surface area contributed by atoms with E-state index in [1.165, 1.54) is 5.57 Å². The van der Waals surface area contributed by atoms with E-state index < -0.39 is 0 Å². The molecule has 0 amide bonds. The number of carbonyl (C=O) groups is 1. The van der Waals surface area contributed by atoms with Crippen LogP contribution in [0, 0.1) is 0 Å². The van der Waals surface area contributed by atoms with Crippen LogP contribution in [-0.4, -0.2) is 5.78 Å². The lowest BCUT2D eigenvalue weighted by molar-refractivity contribution is -0.114. The molecule has 1 rings (SSSR count). The first kappa shape index (κ1) is 5.54. The molecule has 0 aromatic heterocycles. The Morgan fingerprint density at radius 3 is 2.00 bits per heavy atom. The highest BCUT2D eigenvalue weighted by Crippen LogP contribution is 2.20. The Kier molecular flexibility index (Phi) is 1.20. The molecule has 0 heterocycles. The zero-order valence-corrected chi connectivity index (χ0v) is 5.32. The van der Waals surface area contributed by atoms with Crippen LogP contribution < -0.4 is 0 Å². The standard InChI is InChI=1S/C7H10O/c1-5-3-4-7(8)6(5)2/h3-4H2,1-2H3. The Balaban J connectivity index is 2.86. The van der Waals surface area contributed by atoms with Gasteiger partial charge in [-0.25, -0.2) is 0 Å². The van der Waals surface area contributed by atoms with Crippen molar-refractivity contribution in [3.05, 3.63) is 11.1 Å².